The summed E-state index contributed by atoms with van der Waals surface area (Å²) in [5, 5.41) is 14.7. The molecule has 2 unspecified atom stereocenters. The summed E-state index contributed by atoms with van der Waals surface area (Å²) in [6, 6.07) is 20.1. The van der Waals surface area contributed by atoms with Crippen LogP contribution in [0.5, 0.6) is 0 Å². The number of hydrogen-bond donors (Lipinski definition) is 3. The number of aryl methyl sites for hydroxylation is 8. The average Bonchev–Trinajstić information content (AvgIpc) is 1.78. The number of nitrogens with zero attached hydrogens (tertiary/aromatic N) is 14. The maximum absolute atomic E-state index is 11.9. The quantitative estimate of drug-likeness (QED) is 0.102. The van der Waals surface area contributed by atoms with E-state index >= 15 is 0 Å². The summed E-state index contributed by atoms with van der Waals surface area (Å²) in [5.74, 6) is 0.517. The van der Waals surface area contributed by atoms with Crippen LogP contribution in [0, 0.1) is 55.4 Å². The van der Waals surface area contributed by atoms with Crippen molar-refractivity contribution < 1.29 is 68.0 Å². The molecule has 29 nitrogen and oxygen atoms in total. The van der Waals surface area contributed by atoms with Crippen molar-refractivity contribution in [3.8, 4) is 0 Å². The van der Waals surface area contributed by atoms with Crippen molar-refractivity contribution in [3.05, 3.63) is 178 Å². The van der Waals surface area contributed by atoms with E-state index in [0.29, 0.717) is 78.0 Å². The minimum Gasteiger partial charge on any atom is -1.00 e. The van der Waals surface area contributed by atoms with Crippen molar-refractivity contribution in [2.75, 3.05) is 83.9 Å². The van der Waals surface area contributed by atoms with Crippen LogP contribution < -0.4 is 36.3 Å². The molecule has 13 rings (SSSR count). The monoisotopic (exact) mass is 1810 g/mol. The molecule has 9 heterocycles. The summed E-state index contributed by atoms with van der Waals surface area (Å²) < 4.78 is 131. The molecule has 1 amide bonds. The standard InChI is InChI=1S/C17H23N3O2S.C17H21N3O2S.C16H22N4O2S.C16H20N4O2S.C12H19N3O4S.5ClH/c2*1-12-9-15-16(10-13(12)2)18-11-19-17(15)14-5-4-7-20(8-6-14)23(3,21)22;2*1-11-8-14-15(9-12(11)2)18-10-19-16(14)13-4-3-6-20(7-5-13)23(17,21)22;1-12(2,3)19-11(16)13-20(17,18)15-8-6-10(7-9-15)14(4)5;;;;;/h9-11,14H,4-8H2,1-3H3;5,9-11H,4,6-8H2,1-3H3;8-10,13H,3-7H2,1-2H3,(H2,17,21,22);4,8-10H,3,5-7H2,1-2H3,(H2,17,21,22);6-9H,1-5H3;5*1H. The molecular weight excluding hydrogens is 1700 g/mol. The molecule has 0 saturated carbocycles. The van der Waals surface area contributed by atoms with Gasteiger partial charge in [-0.3, -0.25) is 0 Å². The molecule has 0 radical (unpaired) electrons. The van der Waals surface area contributed by atoms with Crippen molar-refractivity contribution in [1.82, 2.24) is 61.8 Å². The van der Waals surface area contributed by atoms with E-state index in [1.807, 2.05) is 23.7 Å². The van der Waals surface area contributed by atoms with Crippen LogP contribution in [0.25, 0.3) is 54.8 Å². The lowest BCUT2D eigenvalue weighted by atomic mass is 9.92. The fraction of sp³-hybridized carbons (Fsp3) is 0.462. The number of nitrogens with one attached hydrogen (secondary N) is 1. The van der Waals surface area contributed by atoms with Gasteiger partial charge in [0.25, 0.3) is 20.4 Å². The van der Waals surface area contributed by atoms with Crippen LogP contribution in [0.1, 0.15) is 164 Å². The number of rotatable bonds is 11. The van der Waals surface area contributed by atoms with Crippen LogP contribution >= 0.6 is 49.6 Å². The summed E-state index contributed by atoms with van der Waals surface area (Å²) in [6.45, 7) is 25.5. The third-order valence-electron chi connectivity index (χ3n) is 20.5. The van der Waals surface area contributed by atoms with E-state index in [1.54, 1.807) is 62.5 Å². The zero-order chi connectivity index (χ0) is 82.0. The first-order valence-corrected chi connectivity index (χ1v) is 45.3. The second-order valence-electron chi connectivity index (χ2n) is 30.2. The molecule has 5 N–H and O–H groups in total. The van der Waals surface area contributed by atoms with E-state index < -0.39 is 62.4 Å². The Morgan fingerprint density at radius 1 is 0.462 bits per heavy atom. The molecule has 0 spiro atoms. The van der Waals surface area contributed by atoms with Crippen LogP contribution in [-0.2, 0) is 55.4 Å². The molecule has 2 atom stereocenters. The Balaban J connectivity index is 0.000000305. The number of pyridine rings is 1. The van der Waals surface area contributed by atoms with Gasteiger partial charge in [-0.05, 0) is 245 Å². The Kier molecular flexibility index (Phi) is 37.9. The maximum Gasteiger partial charge on any atom is 0.474 e. The Morgan fingerprint density at radius 2 is 0.786 bits per heavy atom. The fourth-order valence-electron chi connectivity index (χ4n) is 13.8. The number of carbonyl (C=O) groups excluding carboxylic acids is 1. The number of amides is 1. The molecule has 2 saturated heterocycles. The van der Waals surface area contributed by atoms with Gasteiger partial charge in [-0.15, -0.1) is 58.0 Å². The maximum atomic E-state index is 11.9. The number of hydrogen-bond acceptors (Lipinski definition) is 21. The summed E-state index contributed by atoms with van der Waals surface area (Å²) in [4.78, 5) is 48.8. The summed E-state index contributed by atoms with van der Waals surface area (Å²) in [5.41, 5.74) is 19.6. The normalized spacial score (nSPS) is 16.8. The highest BCUT2D eigenvalue weighted by Gasteiger charge is 2.31. The summed E-state index contributed by atoms with van der Waals surface area (Å²) in [6.07, 6.45) is 22.5. The highest BCUT2D eigenvalue weighted by Crippen LogP contribution is 2.36. The van der Waals surface area contributed by atoms with Gasteiger partial charge in [0.15, 0.2) is 12.4 Å². The number of carbonyl (C=O) groups is 1. The number of sulfonamides is 2. The minimum absolute atomic E-state index is 0. The lowest BCUT2D eigenvalue weighted by molar-refractivity contribution is -0.512. The van der Waals surface area contributed by atoms with Gasteiger partial charge in [0.2, 0.25) is 20.0 Å². The number of aromatic nitrogens is 9. The van der Waals surface area contributed by atoms with E-state index in [1.165, 1.54) is 82.3 Å². The van der Waals surface area contributed by atoms with Gasteiger partial charge >= 0.3 is 16.3 Å². The molecule has 9 aromatic rings. The molecule has 5 aromatic heterocycles. The molecular formula is C78H110Cl5N17O12S5. The van der Waals surface area contributed by atoms with Gasteiger partial charge in [0, 0.05) is 118 Å². The number of benzene rings is 4. The van der Waals surface area contributed by atoms with Crippen LogP contribution in [0.4, 0.5) is 10.5 Å². The van der Waals surface area contributed by atoms with Crippen molar-refractivity contribution in [3.63, 3.8) is 0 Å². The zero-order valence-electron chi connectivity index (χ0n) is 68.6. The SMILES string of the molecule is CN(C)c1cc[n+](S(=O)(=O)NC(=O)OC(C)(C)C)cc1.Cc1cc2ncnc(C3=CCCN(S(C)(=O)=O)CC3)c2cc1C.Cc1cc2ncnc(C3=CCCN(S(N)(=O)=O)CC3)c2cc1C.Cc1cc2ncnc(C3CCCN(S(C)(=O)=O)CC3)c2cc1C.Cc1cc2ncnc(C3CCCN(S(N)(=O)=O)CC3)c2cc1C.Cl.Cl.Cl.Cl.[Cl-]. The number of anilines is 1. The Hall–Kier alpha value is -7.10. The first kappa shape index (κ1) is 102. The Labute approximate surface area is 720 Å². The predicted octanol–water partition coefficient (Wildman–Crippen LogP) is 8.76. The van der Waals surface area contributed by atoms with Gasteiger partial charge in [0.1, 0.15) is 30.9 Å². The lowest BCUT2D eigenvalue weighted by Crippen LogP contribution is -3.00. The number of ether oxygens (including phenoxy) is 1. The Bertz CT molecular complexity index is 5290. The van der Waals surface area contributed by atoms with Gasteiger partial charge in [0.05, 0.1) is 57.4 Å². The third kappa shape index (κ3) is 28.0. The highest BCUT2D eigenvalue weighted by molar-refractivity contribution is 7.88. The molecule has 4 aliphatic heterocycles. The van der Waals surface area contributed by atoms with Gasteiger partial charge in [-0.2, -0.15) is 30.2 Å². The van der Waals surface area contributed by atoms with E-state index in [9.17, 15) is 46.9 Å². The summed E-state index contributed by atoms with van der Waals surface area (Å²) >= 11 is 0. The number of nitrogens with two attached hydrogens (primary N) is 2. The van der Waals surface area contributed by atoms with Gasteiger partial charge in [-0.25, -0.2) is 80.4 Å². The second-order valence-corrected chi connectivity index (χ2v) is 38.8. The Morgan fingerprint density at radius 3 is 1.16 bits per heavy atom. The molecule has 2 fully saturated rings. The number of halogens is 5. The van der Waals surface area contributed by atoms with E-state index in [2.05, 4.69) is 156 Å². The molecule has 117 heavy (non-hydrogen) atoms. The van der Waals surface area contributed by atoms with E-state index in [0.717, 1.165) is 126 Å². The summed E-state index contributed by atoms with van der Waals surface area (Å²) in [7, 11) is -13.8. The molecule has 0 aliphatic carbocycles. The molecule has 0 bridgehead atoms. The topological polar surface area (TPSA) is 384 Å². The minimum atomic E-state index is -4.00. The van der Waals surface area contributed by atoms with Crippen molar-refractivity contribution in [2.24, 2.45) is 10.3 Å². The average molecular weight is 1820 g/mol. The van der Waals surface area contributed by atoms with Crippen LogP contribution in [-0.4, -0.2) is 190 Å². The van der Waals surface area contributed by atoms with Crippen molar-refractivity contribution in [2.45, 2.75) is 158 Å². The van der Waals surface area contributed by atoms with Gasteiger partial charge in [-0.1, -0.05) is 16.1 Å². The molecule has 4 aliphatic rings. The first-order valence-electron chi connectivity index (χ1n) is 37.1. The van der Waals surface area contributed by atoms with E-state index in [-0.39, 0.29) is 73.9 Å². The molecule has 39 heteroatoms. The zero-order valence-corrected chi connectivity index (χ0v) is 76.7. The highest BCUT2D eigenvalue weighted by atomic mass is 35.5. The van der Waals surface area contributed by atoms with E-state index in [4.69, 9.17) is 15.0 Å². The second kappa shape index (κ2) is 43.4. The molecule has 644 valence electrons. The smallest absolute Gasteiger partial charge is 0.474 e. The number of fused-ring (bicyclic) bond motifs is 4. The van der Waals surface area contributed by atoms with Crippen molar-refractivity contribution >= 4 is 167 Å². The first-order chi connectivity index (χ1) is 52.4. The van der Waals surface area contributed by atoms with Crippen LogP contribution in [0.3, 0.4) is 0 Å². The largest absolute Gasteiger partial charge is 1.00 e. The van der Waals surface area contributed by atoms with Gasteiger partial charge < -0.3 is 22.0 Å². The molecule has 4 aromatic carbocycles. The fourth-order valence-corrected chi connectivity index (χ4v) is 17.8. The predicted molar refractivity (Wildman–Crippen MR) is 469 cm³/mol. The van der Waals surface area contributed by atoms with Crippen LogP contribution in [0.2, 0.25) is 0 Å². The van der Waals surface area contributed by atoms with Crippen molar-refractivity contribution in [1.29, 1.82) is 0 Å². The van der Waals surface area contributed by atoms with Crippen LogP contribution in [0.15, 0.2) is 111 Å². The third-order valence-corrected chi connectivity index (χ3v) is 26.5. The lowest BCUT2D eigenvalue weighted by Gasteiger charge is -2.18.